The van der Waals surface area contributed by atoms with Gasteiger partial charge in [-0.3, -0.25) is 14.8 Å². The van der Waals surface area contributed by atoms with Crippen LogP contribution in [0.15, 0.2) is 48.9 Å². The Balaban J connectivity index is 1.65. The number of H-pyrrole nitrogens is 1. The van der Waals surface area contributed by atoms with Gasteiger partial charge in [0, 0.05) is 31.8 Å². The van der Waals surface area contributed by atoms with Gasteiger partial charge >= 0.3 is 0 Å². The van der Waals surface area contributed by atoms with Gasteiger partial charge in [0.25, 0.3) is 0 Å². The Kier molecular flexibility index (Phi) is 5.85. The van der Waals surface area contributed by atoms with Crippen molar-refractivity contribution in [2.24, 2.45) is 0 Å². The van der Waals surface area contributed by atoms with E-state index in [0.29, 0.717) is 18.1 Å². The van der Waals surface area contributed by atoms with Gasteiger partial charge in [0.05, 0.1) is 59.3 Å². The Bertz CT molecular complexity index is 1330. The van der Waals surface area contributed by atoms with Crippen molar-refractivity contribution in [1.29, 1.82) is 0 Å². The Labute approximate surface area is 196 Å². The lowest BCUT2D eigenvalue weighted by atomic mass is 10.0. The van der Waals surface area contributed by atoms with Gasteiger partial charge in [-0.05, 0) is 43.2 Å². The van der Waals surface area contributed by atoms with Gasteiger partial charge in [0.2, 0.25) is 5.91 Å². The molecule has 0 bridgehead atoms. The lowest BCUT2D eigenvalue weighted by molar-refractivity contribution is -0.114. The molecule has 9 nitrogen and oxygen atoms in total. The normalized spacial score (nSPS) is 16.0. The van der Waals surface area contributed by atoms with E-state index in [1.807, 2.05) is 30.5 Å². The van der Waals surface area contributed by atoms with E-state index in [2.05, 4.69) is 31.2 Å². The van der Waals surface area contributed by atoms with Crippen LogP contribution in [0.25, 0.3) is 33.5 Å². The summed E-state index contributed by atoms with van der Waals surface area (Å²) in [6.07, 6.45) is 6.62. The number of fused-ring (bicyclic) bond motifs is 1. The first-order valence-electron chi connectivity index (χ1n) is 11.2. The number of aliphatic hydroxyl groups is 1. The van der Waals surface area contributed by atoms with Gasteiger partial charge in [0.15, 0.2) is 0 Å². The van der Waals surface area contributed by atoms with E-state index in [1.54, 1.807) is 19.5 Å². The van der Waals surface area contributed by atoms with E-state index in [1.165, 1.54) is 6.92 Å². The quantitative estimate of drug-likeness (QED) is 0.418. The molecule has 0 aromatic carbocycles. The van der Waals surface area contributed by atoms with Crippen LogP contribution in [0.2, 0.25) is 0 Å². The highest BCUT2D eigenvalue weighted by atomic mass is 16.5. The molecule has 0 spiro atoms. The van der Waals surface area contributed by atoms with Crippen molar-refractivity contribution >= 4 is 28.4 Å². The number of methoxy groups -OCH3 is 1. The Hall–Kier alpha value is -3.98. The topological polar surface area (TPSA) is 116 Å². The lowest BCUT2D eigenvalue weighted by Gasteiger charge is -2.31. The van der Waals surface area contributed by atoms with Crippen molar-refractivity contribution in [3.63, 3.8) is 0 Å². The molecule has 1 fully saturated rings. The molecule has 34 heavy (non-hydrogen) atoms. The van der Waals surface area contributed by atoms with Crippen molar-refractivity contribution in [3.8, 4) is 28.3 Å². The first-order chi connectivity index (χ1) is 16.5. The highest BCUT2D eigenvalue weighted by molar-refractivity contribution is 6.02. The second-order valence-electron chi connectivity index (χ2n) is 8.40. The van der Waals surface area contributed by atoms with Gasteiger partial charge in [-0.15, -0.1) is 0 Å². The van der Waals surface area contributed by atoms with Gasteiger partial charge in [-0.2, -0.15) is 0 Å². The second kappa shape index (κ2) is 9.11. The number of β-amino-alcohol motifs (C(OH)–C–C–N with tert-alkyl or cyclic N) is 1. The molecule has 4 aromatic heterocycles. The minimum Gasteiger partial charge on any atom is -0.495 e. The SMILES string of the molecule is COc1ccc(-c2c(-c3ccnc(NC(C)=O)c3)[nH]c3cc(N4CCCC(O)C4)cnc23)nc1. The molecule has 4 aromatic rings. The number of aliphatic hydroxyl groups excluding tert-OH is 1. The maximum atomic E-state index is 11.5. The minimum atomic E-state index is -0.327. The van der Waals surface area contributed by atoms with Crippen LogP contribution in [0.4, 0.5) is 11.5 Å². The van der Waals surface area contributed by atoms with Gasteiger partial charge in [0.1, 0.15) is 11.6 Å². The largest absolute Gasteiger partial charge is 0.495 e. The Morgan fingerprint density at radius 2 is 2.09 bits per heavy atom. The molecule has 0 aliphatic carbocycles. The van der Waals surface area contributed by atoms with Crippen LogP contribution in [0, 0.1) is 0 Å². The standard InChI is InChI=1S/C25H26N6O3/c1-15(32)29-22-10-16(7-8-26-22)24-23(20-6-5-19(34-2)13-27-20)25-21(30-24)11-17(12-28-25)31-9-3-4-18(33)14-31/h5-8,10-13,18,30,33H,3-4,9,14H2,1-2H3,(H,26,29,32). The lowest BCUT2D eigenvalue weighted by Crippen LogP contribution is -2.38. The molecule has 9 heteroatoms. The molecule has 5 heterocycles. The summed E-state index contributed by atoms with van der Waals surface area (Å²) < 4.78 is 5.27. The molecule has 1 unspecified atom stereocenters. The van der Waals surface area contributed by atoms with E-state index in [-0.39, 0.29) is 12.0 Å². The molecule has 3 N–H and O–H groups in total. The third-order valence-electron chi connectivity index (χ3n) is 5.96. The molecule has 0 saturated carbocycles. The zero-order chi connectivity index (χ0) is 23.7. The zero-order valence-electron chi connectivity index (χ0n) is 19.1. The minimum absolute atomic E-state index is 0.187. The summed E-state index contributed by atoms with van der Waals surface area (Å²) in [4.78, 5) is 30.9. The van der Waals surface area contributed by atoms with Crippen molar-refractivity contribution < 1.29 is 14.6 Å². The highest BCUT2D eigenvalue weighted by Gasteiger charge is 2.22. The average Bonchev–Trinajstić information content (AvgIpc) is 3.23. The number of piperidine rings is 1. The molecular weight excluding hydrogens is 432 g/mol. The summed E-state index contributed by atoms with van der Waals surface area (Å²) in [5.41, 5.74) is 5.87. The predicted octanol–water partition coefficient (Wildman–Crippen LogP) is 3.62. The number of aromatic nitrogens is 4. The van der Waals surface area contributed by atoms with E-state index in [4.69, 9.17) is 9.72 Å². The van der Waals surface area contributed by atoms with Crippen molar-refractivity contribution in [1.82, 2.24) is 19.9 Å². The van der Waals surface area contributed by atoms with Gasteiger partial charge in [-0.25, -0.2) is 4.98 Å². The van der Waals surface area contributed by atoms with E-state index < -0.39 is 0 Å². The molecule has 1 atom stereocenters. The fourth-order valence-corrected chi connectivity index (χ4v) is 4.38. The number of pyridine rings is 3. The summed E-state index contributed by atoms with van der Waals surface area (Å²) >= 11 is 0. The first-order valence-corrected chi connectivity index (χ1v) is 11.2. The third-order valence-corrected chi connectivity index (χ3v) is 5.96. The summed E-state index contributed by atoms with van der Waals surface area (Å²) in [6, 6.07) is 9.53. The molecule has 1 aliphatic rings. The number of nitrogens with zero attached hydrogens (tertiary/aromatic N) is 4. The van der Waals surface area contributed by atoms with E-state index in [9.17, 15) is 9.90 Å². The smallest absolute Gasteiger partial charge is 0.222 e. The molecule has 1 saturated heterocycles. The van der Waals surface area contributed by atoms with E-state index in [0.717, 1.165) is 58.6 Å². The van der Waals surface area contributed by atoms with Crippen LogP contribution in [-0.4, -0.2) is 57.3 Å². The average molecular weight is 459 g/mol. The van der Waals surface area contributed by atoms with Gasteiger partial charge in [-0.1, -0.05) is 0 Å². The van der Waals surface area contributed by atoms with Crippen LogP contribution in [0.1, 0.15) is 19.8 Å². The fourth-order valence-electron chi connectivity index (χ4n) is 4.38. The number of carbonyl (C=O) groups excluding carboxylic acids is 1. The van der Waals surface area contributed by atoms with Crippen molar-refractivity contribution in [2.75, 3.05) is 30.4 Å². The Morgan fingerprint density at radius 3 is 2.82 bits per heavy atom. The maximum absolute atomic E-state index is 11.5. The van der Waals surface area contributed by atoms with Crippen LogP contribution in [0.5, 0.6) is 5.75 Å². The van der Waals surface area contributed by atoms with Crippen LogP contribution >= 0.6 is 0 Å². The molecule has 1 aliphatic heterocycles. The van der Waals surface area contributed by atoms with E-state index >= 15 is 0 Å². The second-order valence-corrected chi connectivity index (χ2v) is 8.40. The third kappa shape index (κ3) is 4.29. The van der Waals surface area contributed by atoms with Crippen molar-refractivity contribution in [2.45, 2.75) is 25.9 Å². The number of ether oxygens (including phenoxy) is 1. The van der Waals surface area contributed by atoms with Crippen LogP contribution < -0.4 is 15.0 Å². The highest BCUT2D eigenvalue weighted by Crippen LogP contribution is 2.38. The number of hydrogen-bond acceptors (Lipinski definition) is 7. The van der Waals surface area contributed by atoms with Gasteiger partial charge < -0.3 is 25.0 Å². The molecule has 5 rings (SSSR count). The zero-order valence-corrected chi connectivity index (χ0v) is 19.1. The Morgan fingerprint density at radius 1 is 1.21 bits per heavy atom. The monoisotopic (exact) mass is 458 g/mol. The molecular formula is C25H26N6O3. The molecule has 174 valence electrons. The number of amides is 1. The summed E-state index contributed by atoms with van der Waals surface area (Å²) in [7, 11) is 1.61. The molecule has 1 amide bonds. The number of nitrogens with one attached hydrogen (secondary N) is 2. The van der Waals surface area contributed by atoms with Crippen LogP contribution in [0.3, 0.4) is 0 Å². The van der Waals surface area contributed by atoms with Crippen molar-refractivity contribution in [3.05, 3.63) is 48.9 Å². The van der Waals surface area contributed by atoms with Crippen LogP contribution in [-0.2, 0) is 4.79 Å². The number of aromatic amines is 1. The maximum Gasteiger partial charge on any atom is 0.222 e. The summed E-state index contributed by atoms with van der Waals surface area (Å²) in [5.74, 6) is 0.947. The summed E-state index contributed by atoms with van der Waals surface area (Å²) in [5, 5.41) is 12.8. The number of carbonyl (C=O) groups is 1. The number of anilines is 2. The molecule has 0 radical (unpaired) electrons. The number of hydrogen-bond donors (Lipinski definition) is 3. The summed E-state index contributed by atoms with van der Waals surface area (Å²) in [6.45, 7) is 2.93. The number of rotatable bonds is 5. The predicted molar refractivity (Wildman–Crippen MR) is 131 cm³/mol. The first kappa shape index (κ1) is 21.8. The fraction of sp³-hybridized carbons (Fsp3) is 0.280.